The summed E-state index contributed by atoms with van der Waals surface area (Å²) in [6, 6.07) is 0. The minimum atomic E-state index is -0.804. The Morgan fingerprint density at radius 2 is 1.83 bits per heavy atom. The fraction of sp³-hybridized carbons (Fsp3) is 0.600. The van der Waals surface area contributed by atoms with E-state index in [0.29, 0.717) is 24.7 Å². The van der Waals surface area contributed by atoms with E-state index in [4.69, 9.17) is 5.11 Å². The molecule has 0 amide bonds. The Bertz CT molecular complexity index is 327. The number of ketones is 1. The summed E-state index contributed by atoms with van der Waals surface area (Å²) in [5.74, 6) is 0.212. The number of carbonyl (C=O) groups is 2. The third kappa shape index (κ3) is 8.74. The van der Waals surface area contributed by atoms with E-state index in [1.807, 2.05) is 6.08 Å². The van der Waals surface area contributed by atoms with Crippen molar-refractivity contribution in [3.63, 3.8) is 0 Å². The molecule has 0 fully saturated rings. The third-order valence-electron chi connectivity index (χ3n) is 2.93. The van der Waals surface area contributed by atoms with Crippen LogP contribution in [0.25, 0.3) is 0 Å². The summed E-state index contributed by atoms with van der Waals surface area (Å²) in [6.45, 7) is 9.68. The normalized spacial score (nSPS) is 12.9. The molecule has 0 bridgehead atoms. The van der Waals surface area contributed by atoms with Gasteiger partial charge in [-0.3, -0.25) is 4.79 Å². The predicted octanol–water partition coefficient (Wildman–Crippen LogP) is 3.61. The first-order valence-electron chi connectivity index (χ1n) is 6.40. The van der Waals surface area contributed by atoms with Crippen molar-refractivity contribution in [2.24, 2.45) is 11.8 Å². The van der Waals surface area contributed by atoms with Crippen LogP contribution in [0.1, 0.15) is 46.5 Å². The van der Waals surface area contributed by atoms with Gasteiger partial charge in [0.2, 0.25) is 0 Å². The molecular formula is C15H24O3. The highest BCUT2D eigenvalue weighted by Crippen LogP contribution is 2.20. The highest BCUT2D eigenvalue weighted by Gasteiger charge is 2.10. The van der Waals surface area contributed by atoms with E-state index < -0.39 is 5.97 Å². The molecule has 1 atom stereocenters. The standard InChI is InChI=1S/C15H24O3/c1-11(2)14(9-7-13(4)16)8-5-12(3)6-10-15(17)18/h5,8,11,14H,3,6-7,9-10H2,1-2,4H3,(H,17,18)/b8-5+. The average molecular weight is 252 g/mol. The highest BCUT2D eigenvalue weighted by atomic mass is 16.4. The van der Waals surface area contributed by atoms with Gasteiger partial charge in [-0.2, -0.15) is 0 Å². The van der Waals surface area contributed by atoms with Crippen LogP contribution in [0.3, 0.4) is 0 Å². The van der Waals surface area contributed by atoms with Gasteiger partial charge in [0.15, 0.2) is 0 Å². The summed E-state index contributed by atoms with van der Waals surface area (Å²) < 4.78 is 0. The minimum Gasteiger partial charge on any atom is -0.481 e. The van der Waals surface area contributed by atoms with E-state index in [0.717, 1.165) is 12.0 Å². The topological polar surface area (TPSA) is 54.4 Å². The quantitative estimate of drug-likeness (QED) is 0.638. The van der Waals surface area contributed by atoms with Crippen LogP contribution in [0.2, 0.25) is 0 Å². The van der Waals surface area contributed by atoms with Crippen LogP contribution in [0.15, 0.2) is 24.3 Å². The number of allylic oxidation sites excluding steroid dienone is 3. The Hall–Kier alpha value is -1.38. The number of Topliss-reactive ketones (excluding diaryl/α,β-unsaturated/α-hetero) is 1. The molecule has 0 aromatic carbocycles. The number of carboxylic acids is 1. The Morgan fingerprint density at radius 1 is 1.22 bits per heavy atom. The van der Waals surface area contributed by atoms with Gasteiger partial charge in [-0.1, -0.05) is 38.2 Å². The maximum Gasteiger partial charge on any atom is 0.303 e. The van der Waals surface area contributed by atoms with Gasteiger partial charge < -0.3 is 9.90 Å². The van der Waals surface area contributed by atoms with E-state index in [1.165, 1.54) is 0 Å². The van der Waals surface area contributed by atoms with Crippen molar-refractivity contribution in [1.82, 2.24) is 0 Å². The van der Waals surface area contributed by atoms with Crippen molar-refractivity contribution < 1.29 is 14.7 Å². The predicted molar refractivity (Wildman–Crippen MR) is 73.4 cm³/mol. The van der Waals surface area contributed by atoms with Gasteiger partial charge in [0, 0.05) is 12.8 Å². The molecule has 3 nitrogen and oxygen atoms in total. The zero-order chi connectivity index (χ0) is 14.1. The van der Waals surface area contributed by atoms with Crippen molar-refractivity contribution in [2.45, 2.75) is 46.5 Å². The number of hydrogen-bond donors (Lipinski definition) is 1. The van der Waals surface area contributed by atoms with Crippen LogP contribution < -0.4 is 0 Å². The molecule has 1 unspecified atom stereocenters. The number of aliphatic carboxylic acids is 1. The van der Waals surface area contributed by atoms with E-state index in [9.17, 15) is 9.59 Å². The van der Waals surface area contributed by atoms with Crippen molar-refractivity contribution in [3.05, 3.63) is 24.3 Å². The van der Waals surface area contributed by atoms with Crippen LogP contribution in [0.5, 0.6) is 0 Å². The van der Waals surface area contributed by atoms with Crippen molar-refractivity contribution >= 4 is 11.8 Å². The molecule has 0 aliphatic carbocycles. The van der Waals surface area contributed by atoms with Gasteiger partial charge >= 0.3 is 5.97 Å². The fourth-order valence-corrected chi connectivity index (χ4v) is 1.63. The molecule has 0 aliphatic rings. The second-order valence-electron chi connectivity index (χ2n) is 5.06. The molecule has 0 aromatic heterocycles. The number of rotatable bonds is 9. The maximum absolute atomic E-state index is 11.0. The van der Waals surface area contributed by atoms with Crippen LogP contribution in [-0.4, -0.2) is 16.9 Å². The minimum absolute atomic E-state index is 0.114. The molecule has 0 aliphatic heterocycles. The van der Waals surface area contributed by atoms with Crippen LogP contribution >= 0.6 is 0 Å². The number of carboxylic acid groups (broad SMARTS) is 1. The molecule has 3 heteroatoms. The summed E-state index contributed by atoms with van der Waals surface area (Å²) in [6.07, 6.45) is 5.97. The molecule has 0 aromatic rings. The van der Waals surface area contributed by atoms with Crippen LogP contribution in [-0.2, 0) is 9.59 Å². The first-order chi connectivity index (χ1) is 8.32. The van der Waals surface area contributed by atoms with Crippen LogP contribution in [0, 0.1) is 11.8 Å². The first kappa shape index (κ1) is 16.6. The largest absolute Gasteiger partial charge is 0.481 e. The summed E-state index contributed by atoms with van der Waals surface area (Å²) in [5.41, 5.74) is 0.825. The van der Waals surface area contributed by atoms with Gasteiger partial charge in [0.25, 0.3) is 0 Å². The lowest BCUT2D eigenvalue weighted by atomic mass is 9.89. The van der Waals surface area contributed by atoms with Crippen molar-refractivity contribution in [2.75, 3.05) is 0 Å². The molecule has 0 spiro atoms. The lowest BCUT2D eigenvalue weighted by Crippen LogP contribution is -2.07. The molecule has 18 heavy (non-hydrogen) atoms. The van der Waals surface area contributed by atoms with E-state index in [2.05, 4.69) is 26.5 Å². The second kappa shape index (κ2) is 8.67. The van der Waals surface area contributed by atoms with Crippen LogP contribution in [0.4, 0.5) is 0 Å². The molecule has 0 heterocycles. The zero-order valence-electron chi connectivity index (χ0n) is 11.6. The first-order valence-corrected chi connectivity index (χ1v) is 6.40. The molecule has 102 valence electrons. The smallest absolute Gasteiger partial charge is 0.303 e. The summed E-state index contributed by atoms with van der Waals surface area (Å²) >= 11 is 0. The Kier molecular flexibility index (Phi) is 8.01. The average Bonchev–Trinajstić information content (AvgIpc) is 2.25. The molecule has 0 saturated heterocycles. The van der Waals surface area contributed by atoms with Gasteiger partial charge in [0.05, 0.1) is 0 Å². The lowest BCUT2D eigenvalue weighted by Gasteiger charge is -2.16. The van der Waals surface area contributed by atoms with Gasteiger partial charge in [0.1, 0.15) is 5.78 Å². The van der Waals surface area contributed by atoms with E-state index in [-0.39, 0.29) is 12.2 Å². The molecule has 0 saturated carbocycles. The monoisotopic (exact) mass is 252 g/mol. The van der Waals surface area contributed by atoms with Crippen molar-refractivity contribution in [3.8, 4) is 0 Å². The maximum atomic E-state index is 11.0. The molecule has 0 rings (SSSR count). The fourth-order valence-electron chi connectivity index (χ4n) is 1.63. The summed E-state index contributed by atoms with van der Waals surface area (Å²) in [5, 5.41) is 8.57. The number of carbonyl (C=O) groups excluding carboxylic acids is 1. The summed E-state index contributed by atoms with van der Waals surface area (Å²) in [4.78, 5) is 21.4. The highest BCUT2D eigenvalue weighted by molar-refractivity contribution is 5.75. The lowest BCUT2D eigenvalue weighted by molar-refractivity contribution is -0.137. The molecule has 0 radical (unpaired) electrons. The molecular weight excluding hydrogens is 228 g/mol. The Labute approximate surface area is 110 Å². The Morgan fingerprint density at radius 3 is 2.28 bits per heavy atom. The van der Waals surface area contributed by atoms with E-state index in [1.54, 1.807) is 6.92 Å². The second-order valence-corrected chi connectivity index (χ2v) is 5.06. The number of hydrogen-bond acceptors (Lipinski definition) is 2. The Balaban J connectivity index is 4.25. The third-order valence-corrected chi connectivity index (χ3v) is 2.93. The van der Waals surface area contributed by atoms with Gasteiger partial charge in [-0.05, 0) is 31.6 Å². The molecule has 1 N–H and O–H groups in total. The van der Waals surface area contributed by atoms with Crippen molar-refractivity contribution in [1.29, 1.82) is 0 Å². The van der Waals surface area contributed by atoms with Gasteiger partial charge in [-0.15, -0.1) is 0 Å². The SMILES string of the molecule is C=C(/C=C/C(CCC(C)=O)C(C)C)CCC(=O)O. The summed E-state index contributed by atoms with van der Waals surface area (Å²) in [7, 11) is 0. The zero-order valence-corrected chi connectivity index (χ0v) is 11.6. The van der Waals surface area contributed by atoms with E-state index >= 15 is 0 Å². The van der Waals surface area contributed by atoms with Gasteiger partial charge in [-0.25, -0.2) is 0 Å².